The third-order valence-corrected chi connectivity index (χ3v) is 6.60. The van der Waals surface area contributed by atoms with Gasteiger partial charge in [0, 0.05) is 0 Å². The molecule has 0 amide bonds. The van der Waals surface area contributed by atoms with Gasteiger partial charge in [-0.2, -0.15) is 0 Å². The maximum atomic E-state index is 2.34. The van der Waals surface area contributed by atoms with Crippen molar-refractivity contribution in [2.45, 2.75) is 123 Å². The Balaban J connectivity index is 1.27. The Morgan fingerprint density at radius 1 is 0.387 bits per heavy atom. The molecule has 0 aliphatic rings. The van der Waals surface area contributed by atoms with Gasteiger partial charge >= 0.3 is 0 Å². The summed E-state index contributed by atoms with van der Waals surface area (Å²) >= 11 is 0. The van der Waals surface area contributed by atoms with Gasteiger partial charge in [-0.1, -0.05) is 143 Å². The van der Waals surface area contributed by atoms with Crippen molar-refractivity contribution < 1.29 is 0 Å². The molecule has 0 unspecified atom stereocenters. The van der Waals surface area contributed by atoms with Crippen molar-refractivity contribution in [3.63, 3.8) is 0 Å². The van der Waals surface area contributed by atoms with Gasteiger partial charge in [0.2, 0.25) is 0 Å². The molecule has 0 aromatic heterocycles. The Morgan fingerprint density at radius 2 is 0.677 bits per heavy atom. The third-order valence-electron chi connectivity index (χ3n) is 6.60. The zero-order chi connectivity index (χ0) is 22.0. The van der Waals surface area contributed by atoms with Crippen molar-refractivity contribution in [2.75, 3.05) is 0 Å². The third kappa shape index (κ3) is 13.5. The van der Waals surface area contributed by atoms with Crippen molar-refractivity contribution in [1.29, 1.82) is 0 Å². The minimum atomic E-state index is 1.26. The lowest BCUT2D eigenvalue weighted by molar-refractivity contribution is 0.530. The fourth-order valence-electron chi connectivity index (χ4n) is 4.69. The van der Waals surface area contributed by atoms with Gasteiger partial charge in [-0.05, 0) is 50.7 Å². The summed E-state index contributed by atoms with van der Waals surface area (Å²) in [4.78, 5) is 0. The highest BCUT2D eigenvalue weighted by Gasteiger charge is 1.97. The molecule has 0 heteroatoms. The first-order valence-corrected chi connectivity index (χ1v) is 13.3. The van der Waals surface area contributed by atoms with Crippen LogP contribution in [0.5, 0.6) is 0 Å². The van der Waals surface area contributed by atoms with Crippen LogP contribution >= 0.6 is 0 Å². The topological polar surface area (TPSA) is 0 Å². The molecule has 0 N–H and O–H groups in total. The minimum Gasteiger partial charge on any atom is -0.0617 e. The summed E-state index contributed by atoms with van der Waals surface area (Å²) in [5.74, 6) is 0. The molecule has 0 heterocycles. The maximum absolute atomic E-state index is 2.34. The summed E-state index contributed by atoms with van der Waals surface area (Å²) < 4.78 is 0. The van der Waals surface area contributed by atoms with Crippen LogP contribution in [0.3, 0.4) is 0 Å². The van der Waals surface area contributed by atoms with E-state index in [1.807, 2.05) is 0 Å². The van der Waals surface area contributed by atoms with Crippen LogP contribution in [0.4, 0.5) is 0 Å². The minimum absolute atomic E-state index is 1.26. The molecule has 2 aromatic rings. The SMILES string of the molecule is Cc1cccc(CCCCCCCCCCCCCCCCCc2cccc(C)c2)c1. The fourth-order valence-corrected chi connectivity index (χ4v) is 4.69. The Kier molecular flexibility index (Phi) is 14.1. The van der Waals surface area contributed by atoms with Crippen LogP contribution in [0, 0.1) is 13.8 Å². The van der Waals surface area contributed by atoms with Crippen LogP contribution in [0.2, 0.25) is 0 Å². The summed E-state index contributed by atoms with van der Waals surface area (Å²) in [6.07, 6.45) is 24.0. The Hall–Kier alpha value is -1.56. The lowest BCUT2D eigenvalue weighted by Gasteiger charge is -2.05. The second kappa shape index (κ2) is 17.0. The van der Waals surface area contributed by atoms with E-state index in [-0.39, 0.29) is 0 Å². The normalized spacial score (nSPS) is 11.2. The monoisotopic (exact) mass is 420 g/mol. The Bertz CT molecular complexity index is 624. The summed E-state index contributed by atoms with van der Waals surface area (Å²) in [7, 11) is 0. The van der Waals surface area contributed by atoms with E-state index in [1.165, 1.54) is 131 Å². The van der Waals surface area contributed by atoms with E-state index < -0.39 is 0 Å². The van der Waals surface area contributed by atoms with Gasteiger partial charge in [0.15, 0.2) is 0 Å². The van der Waals surface area contributed by atoms with Crippen LogP contribution in [0.1, 0.15) is 119 Å². The molecule has 0 saturated heterocycles. The summed E-state index contributed by atoms with van der Waals surface area (Å²) in [6.45, 7) is 4.39. The molecule has 2 rings (SSSR count). The van der Waals surface area contributed by atoms with Gasteiger partial charge in [0.25, 0.3) is 0 Å². The van der Waals surface area contributed by atoms with E-state index in [1.54, 1.807) is 0 Å². The van der Waals surface area contributed by atoms with Crippen molar-refractivity contribution in [2.24, 2.45) is 0 Å². The first-order valence-electron chi connectivity index (χ1n) is 13.3. The molecule has 0 fully saturated rings. The quantitative estimate of drug-likeness (QED) is 0.210. The van der Waals surface area contributed by atoms with Crippen molar-refractivity contribution in [1.82, 2.24) is 0 Å². The first-order chi connectivity index (χ1) is 15.2. The zero-order valence-electron chi connectivity index (χ0n) is 20.6. The Morgan fingerprint density at radius 3 is 0.968 bits per heavy atom. The van der Waals surface area contributed by atoms with E-state index in [2.05, 4.69) is 62.4 Å². The van der Waals surface area contributed by atoms with Gasteiger partial charge in [0.1, 0.15) is 0 Å². The average molecular weight is 421 g/mol. The lowest BCUT2D eigenvalue weighted by Crippen LogP contribution is -1.88. The van der Waals surface area contributed by atoms with Crippen LogP contribution in [-0.4, -0.2) is 0 Å². The lowest BCUT2D eigenvalue weighted by atomic mass is 10.0. The molecular formula is C31H48. The standard InChI is InChI=1S/C31H48/c1-28-20-18-24-30(26-28)22-16-14-12-10-8-6-4-3-5-7-9-11-13-15-17-23-31-25-19-21-29(2)27-31/h18-21,24-27H,3-17,22-23H2,1-2H3. The molecule has 0 aliphatic heterocycles. The van der Waals surface area contributed by atoms with Crippen LogP contribution in [-0.2, 0) is 12.8 Å². The van der Waals surface area contributed by atoms with Crippen molar-refractivity contribution >= 4 is 0 Å². The van der Waals surface area contributed by atoms with Gasteiger partial charge in [-0.3, -0.25) is 0 Å². The molecule has 0 nitrogen and oxygen atoms in total. The van der Waals surface area contributed by atoms with Crippen LogP contribution < -0.4 is 0 Å². The zero-order valence-corrected chi connectivity index (χ0v) is 20.6. The van der Waals surface area contributed by atoms with E-state index in [0.29, 0.717) is 0 Å². The second-order valence-corrected chi connectivity index (χ2v) is 9.78. The molecule has 0 aliphatic carbocycles. The smallest absolute Gasteiger partial charge is 0.0279 e. The van der Waals surface area contributed by atoms with Gasteiger partial charge < -0.3 is 0 Å². The molecule has 0 bridgehead atoms. The Labute approximate surface area is 193 Å². The van der Waals surface area contributed by atoms with Crippen LogP contribution in [0.15, 0.2) is 48.5 Å². The van der Waals surface area contributed by atoms with E-state index in [0.717, 1.165) is 0 Å². The maximum Gasteiger partial charge on any atom is -0.0279 e. The average Bonchev–Trinajstić information content (AvgIpc) is 2.76. The number of aryl methyl sites for hydroxylation is 4. The number of benzene rings is 2. The van der Waals surface area contributed by atoms with Crippen molar-refractivity contribution in [3.05, 3.63) is 70.8 Å². The number of rotatable bonds is 18. The number of hydrogen-bond donors (Lipinski definition) is 0. The predicted octanol–water partition coefficient (Wildman–Crippen LogP) is 9.94. The number of hydrogen-bond acceptors (Lipinski definition) is 0. The molecule has 0 spiro atoms. The highest BCUT2D eigenvalue weighted by atomic mass is 14.0. The summed E-state index contributed by atoms with van der Waals surface area (Å²) in [6, 6.07) is 18.0. The highest BCUT2D eigenvalue weighted by Crippen LogP contribution is 2.15. The first kappa shape index (κ1) is 25.7. The molecule has 0 radical (unpaired) electrons. The second-order valence-electron chi connectivity index (χ2n) is 9.78. The van der Waals surface area contributed by atoms with E-state index in [4.69, 9.17) is 0 Å². The van der Waals surface area contributed by atoms with Gasteiger partial charge in [-0.25, -0.2) is 0 Å². The van der Waals surface area contributed by atoms with Gasteiger partial charge in [0.05, 0.1) is 0 Å². The van der Waals surface area contributed by atoms with E-state index >= 15 is 0 Å². The summed E-state index contributed by atoms with van der Waals surface area (Å²) in [5.41, 5.74) is 5.82. The van der Waals surface area contributed by atoms with Crippen molar-refractivity contribution in [3.8, 4) is 0 Å². The molecule has 172 valence electrons. The fraction of sp³-hybridized carbons (Fsp3) is 0.613. The molecule has 0 atom stereocenters. The molecule has 31 heavy (non-hydrogen) atoms. The summed E-state index contributed by atoms with van der Waals surface area (Å²) in [5, 5.41) is 0. The molecule has 0 saturated carbocycles. The van der Waals surface area contributed by atoms with Crippen LogP contribution in [0.25, 0.3) is 0 Å². The predicted molar refractivity (Wildman–Crippen MR) is 139 cm³/mol. The molecular weight excluding hydrogens is 372 g/mol. The highest BCUT2D eigenvalue weighted by molar-refractivity contribution is 5.22. The van der Waals surface area contributed by atoms with Gasteiger partial charge in [-0.15, -0.1) is 0 Å². The largest absolute Gasteiger partial charge is 0.0617 e. The number of unbranched alkanes of at least 4 members (excludes halogenated alkanes) is 14. The molecule has 2 aromatic carbocycles. The van der Waals surface area contributed by atoms with E-state index in [9.17, 15) is 0 Å².